The molecule has 1 saturated carbocycles. The van der Waals surface area contributed by atoms with E-state index in [1.807, 2.05) is 14.0 Å². The maximum atomic E-state index is 11.7. The first-order valence-electron chi connectivity index (χ1n) is 5.94. The molecule has 1 aliphatic rings. The third kappa shape index (κ3) is 3.95. The van der Waals surface area contributed by atoms with Crippen LogP contribution in [0.5, 0.6) is 0 Å². The fourth-order valence-corrected chi connectivity index (χ4v) is 1.96. The van der Waals surface area contributed by atoms with Crippen molar-refractivity contribution in [3.8, 4) is 0 Å². The number of carbonyl (C=O) groups excluding carboxylic acids is 1. The lowest BCUT2D eigenvalue weighted by atomic mass is 9.92. The smallest absolute Gasteiger partial charge is 0.224 e. The number of rotatable bonds is 6. The maximum Gasteiger partial charge on any atom is 0.224 e. The van der Waals surface area contributed by atoms with Crippen molar-refractivity contribution in [2.75, 3.05) is 20.1 Å². The molecule has 2 N–H and O–H groups in total. The molecule has 0 radical (unpaired) electrons. The van der Waals surface area contributed by atoms with Crippen molar-refractivity contribution in [1.82, 2.24) is 10.6 Å². The zero-order valence-electron chi connectivity index (χ0n) is 10.8. The van der Waals surface area contributed by atoms with Crippen molar-refractivity contribution >= 4 is 18.3 Å². The van der Waals surface area contributed by atoms with Crippen molar-refractivity contribution in [2.24, 2.45) is 17.3 Å². The molecule has 3 nitrogen and oxygen atoms in total. The Labute approximate surface area is 105 Å². The number of nitrogens with one attached hydrogen (secondary N) is 2. The SMILES string of the molecule is CNCC(C)C(=O)NCC1(C(C)C)CC1.Cl. The molecule has 96 valence electrons. The number of amides is 1. The minimum Gasteiger partial charge on any atom is -0.355 e. The average Bonchev–Trinajstić information content (AvgIpc) is 2.95. The molecule has 1 fully saturated rings. The average molecular weight is 249 g/mol. The molecule has 0 heterocycles. The zero-order valence-corrected chi connectivity index (χ0v) is 11.6. The molecule has 0 aromatic carbocycles. The van der Waals surface area contributed by atoms with E-state index in [9.17, 15) is 4.79 Å². The van der Waals surface area contributed by atoms with Gasteiger partial charge in [0.05, 0.1) is 0 Å². The lowest BCUT2D eigenvalue weighted by Gasteiger charge is -2.21. The van der Waals surface area contributed by atoms with Crippen molar-refractivity contribution < 1.29 is 4.79 Å². The van der Waals surface area contributed by atoms with Gasteiger partial charge >= 0.3 is 0 Å². The highest BCUT2D eigenvalue weighted by Gasteiger charge is 2.45. The number of hydrogen-bond acceptors (Lipinski definition) is 2. The highest BCUT2D eigenvalue weighted by molar-refractivity contribution is 5.85. The quantitative estimate of drug-likeness (QED) is 0.753. The Morgan fingerprint density at radius 2 is 1.88 bits per heavy atom. The summed E-state index contributed by atoms with van der Waals surface area (Å²) in [4.78, 5) is 11.7. The molecular weight excluding hydrogens is 224 g/mol. The second-order valence-corrected chi connectivity index (χ2v) is 5.19. The molecule has 0 aromatic heterocycles. The van der Waals surface area contributed by atoms with E-state index >= 15 is 0 Å². The maximum absolute atomic E-state index is 11.7. The fraction of sp³-hybridized carbons (Fsp3) is 0.917. The minimum atomic E-state index is 0. The van der Waals surface area contributed by atoms with Gasteiger partial charge in [-0.1, -0.05) is 20.8 Å². The zero-order chi connectivity index (χ0) is 11.5. The van der Waals surface area contributed by atoms with Gasteiger partial charge in [-0.15, -0.1) is 12.4 Å². The van der Waals surface area contributed by atoms with Gasteiger partial charge in [-0.25, -0.2) is 0 Å². The van der Waals surface area contributed by atoms with Crippen LogP contribution in [0.25, 0.3) is 0 Å². The van der Waals surface area contributed by atoms with E-state index in [-0.39, 0.29) is 24.2 Å². The summed E-state index contributed by atoms with van der Waals surface area (Å²) in [5, 5.41) is 6.10. The number of halogens is 1. The van der Waals surface area contributed by atoms with Crippen molar-refractivity contribution in [1.29, 1.82) is 0 Å². The highest BCUT2D eigenvalue weighted by atomic mass is 35.5. The molecule has 1 amide bonds. The summed E-state index contributed by atoms with van der Waals surface area (Å²) >= 11 is 0. The summed E-state index contributed by atoms with van der Waals surface area (Å²) in [6.07, 6.45) is 2.54. The standard InChI is InChI=1S/C12H24N2O.ClH/c1-9(2)12(5-6-12)8-14-11(15)10(3)7-13-4;/h9-10,13H,5-8H2,1-4H3,(H,14,15);1H. The molecule has 4 heteroatoms. The second kappa shape index (κ2) is 6.45. The predicted molar refractivity (Wildman–Crippen MR) is 69.9 cm³/mol. The van der Waals surface area contributed by atoms with Gasteiger partial charge < -0.3 is 10.6 Å². The molecule has 1 aliphatic carbocycles. The van der Waals surface area contributed by atoms with Gasteiger partial charge in [-0.3, -0.25) is 4.79 Å². The summed E-state index contributed by atoms with van der Waals surface area (Å²) in [6.45, 7) is 8.06. The molecule has 1 atom stereocenters. The van der Waals surface area contributed by atoms with Crippen LogP contribution in [0.1, 0.15) is 33.6 Å². The second-order valence-electron chi connectivity index (χ2n) is 5.19. The van der Waals surface area contributed by atoms with Crippen molar-refractivity contribution in [2.45, 2.75) is 33.6 Å². The van der Waals surface area contributed by atoms with Crippen LogP contribution in [0.4, 0.5) is 0 Å². The summed E-state index contributed by atoms with van der Waals surface area (Å²) < 4.78 is 0. The van der Waals surface area contributed by atoms with Gasteiger partial charge in [0.2, 0.25) is 5.91 Å². The Hall–Kier alpha value is -0.280. The lowest BCUT2D eigenvalue weighted by molar-refractivity contribution is -0.124. The summed E-state index contributed by atoms with van der Waals surface area (Å²) in [7, 11) is 1.88. The normalized spacial score (nSPS) is 18.8. The first-order chi connectivity index (χ1) is 7.02. The van der Waals surface area contributed by atoms with Crippen LogP contribution in [0.3, 0.4) is 0 Å². The Bertz CT molecular complexity index is 227. The Kier molecular flexibility index (Phi) is 6.34. The molecule has 1 unspecified atom stereocenters. The van der Waals surface area contributed by atoms with Crippen LogP contribution >= 0.6 is 12.4 Å². The number of hydrogen-bond donors (Lipinski definition) is 2. The Balaban J connectivity index is 0.00000225. The summed E-state index contributed by atoms with van der Waals surface area (Å²) in [6, 6.07) is 0. The van der Waals surface area contributed by atoms with E-state index in [1.165, 1.54) is 12.8 Å². The predicted octanol–water partition coefficient (Wildman–Crippen LogP) is 1.82. The van der Waals surface area contributed by atoms with E-state index in [0.29, 0.717) is 11.3 Å². The Morgan fingerprint density at radius 1 is 1.31 bits per heavy atom. The van der Waals surface area contributed by atoms with Gasteiger partial charge in [0.15, 0.2) is 0 Å². The molecule has 16 heavy (non-hydrogen) atoms. The van der Waals surface area contributed by atoms with Crippen LogP contribution in [0, 0.1) is 17.3 Å². The minimum absolute atomic E-state index is 0. The van der Waals surface area contributed by atoms with Crippen molar-refractivity contribution in [3.05, 3.63) is 0 Å². The van der Waals surface area contributed by atoms with E-state index in [2.05, 4.69) is 24.5 Å². The van der Waals surface area contributed by atoms with E-state index in [0.717, 1.165) is 13.1 Å². The van der Waals surface area contributed by atoms with Gasteiger partial charge in [-0.2, -0.15) is 0 Å². The van der Waals surface area contributed by atoms with Gasteiger partial charge in [0.1, 0.15) is 0 Å². The molecule has 1 rings (SSSR count). The molecule has 0 saturated heterocycles. The van der Waals surface area contributed by atoms with Crippen LogP contribution in [0.15, 0.2) is 0 Å². The number of carbonyl (C=O) groups is 1. The van der Waals surface area contributed by atoms with Crippen LogP contribution < -0.4 is 10.6 Å². The largest absolute Gasteiger partial charge is 0.355 e. The summed E-state index contributed by atoms with van der Waals surface area (Å²) in [5.41, 5.74) is 0.412. The molecule has 0 aliphatic heterocycles. The van der Waals surface area contributed by atoms with Crippen LogP contribution in [0.2, 0.25) is 0 Å². The lowest BCUT2D eigenvalue weighted by Crippen LogP contribution is -2.38. The molecule has 0 spiro atoms. The molecule has 0 bridgehead atoms. The fourth-order valence-electron chi connectivity index (χ4n) is 1.96. The van der Waals surface area contributed by atoms with Crippen molar-refractivity contribution in [3.63, 3.8) is 0 Å². The monoisotopic (exact) mass is 248 g/mol. The van der Waals surface area contributed by atoms with Crippen LogP contribution in [-0.2, 0) is 4.79 Å². The topological polar surface area (TPSA) is 41.1 Å². The van der Waals surface area contributed by atoms with Gasteiger partial charge in [0, 0.05) is 19.0 Å². The Morgan fingerprint density at radius 3 is 2.25 bits per heavy atom. The summed E-state index contributed by atoms with van der Waals surface area (Å²) in [5.74, 6) is 0.923. The third-order valence-corrected chi connectivity index (χ3v) is 3.69. The van der Waals surface area contributed by atoms with Crippen LogP contribution in [-0.4, -0.2) is 26.0 Å². The van der Waals surface area contributed by atoms with E-state index < -0.39 is 0 Å². The molecular formula is C12H25ClN2O. The van der Waals surface area contributed by atoms with E-state index in [1.54, 1.807) is 0 Å². The van der Waals surface area contributed by atoms with E-state index in [4.69, 9.17) is 0 Å². The first-order valence-corrected chi connectivity index (χ1v) is 5.94. The third-order valence-electron chi connectivity index (χ3n) is 3.69. The van der Waals surface area contributed by atoms with Gasteiger partial charge in [0.25, 0.3) is 0 Å². The first kappa shape index (κ1) is 15.7. The molecule has 0 aromatic rings. The highest BCUT2D eigenvalue weighted by Crippen LogP contribution is 2.51. The van der Waals surface area contributed by atoms with Gasteiger partial charge in [-0.05, 0) is 31.2 Å².